The molecule has 6 rings (SSSR count). The highest BCUT2D eigenvalue weighted by molar-refractivity contribution is 5.87. The second kappa shape index (κ2) is 6.42. The van der Waals surface area contributed by atoms with Gasteiger partial charge in [0, 0.05) is 25.2 Å². The predicted molar refractivity (Wildman–Crippen MR) is 96.5 cm³/mol. The summed E-state index contributed by atoms with van der Waals surface area (Å²) in [6.07, 6.45) is 4.42. The first kappa shape index (κ1) is 17.4. The summed E-state index contributed by atoms with van der Waals surface area (Å²) in [6, 6.07) is 9.77. The van der Waals surface area contributed by atoms with Gasteiger partial charge in [-0.3, -0.25) is 9.59 Å². The van der Waals surface area contributed by atoms with E-state index in [1.807, 2.05) is 30.3 Å². The van der Waals surface area contributed by atoms with Crippen molar-refractivity contribution in [1.82, 2.24) is 0 Å². The van der Waals surface area contributed by atoms with E-state index in [0.717, 1.165) is 31.2 Å². The second-order valence-corrected chi connectivity index (χ2v) is 8.70. The van der Waals surface area contributed by atoms with Crippen molar-refractivity contribution in [2.75, 3.05) is 13.2 Å². The van der Waals surface area contributed by atoms with E-state index in [2.05, 4.69) is 0 Å². The molecule has 0 amide bonds. The Balaban J connectivity index is 1.35. The summed E-state index contributed by atoms with van der Waals surface area (Å²) in [4.78, 5) is 25.6. The summed E-state index contributed by atoms with van der Waals surface area (Å²) in [5.74, 6) is -0.165. The summed E-state index contributed by atoms with van der Waals surface area (Å²) in [5.41, 5.74) is 0.729. The summed E-state index contributed by atoms with van der Waals surface area (Å²) < 4.78 is 17.6. The van der Waals surface area contributed by atoms with Crippen molar-refractivity contribution in [2.24, 2.45) is 23.2 Å². The fourth-order valence-electron chi connectivity index (χ4n) is 6.05. The quantitative estimate of drug-likeness (QED) is 0.765. The number of Topliss-reactive ketones (excluding diaryl/α,β-unsaturated/α-hetero) is 1. The smallest absolute Gasteiger partial charge is 0.309 e. The minimum Gasteiger partial charge on any atom is -0.461 e. The highest BCUT2D eigenvalue weighted by Gasteiger charge is 2.64. The molecule has 27 heavy (non-hydrogen) atoms. The molecule has 1 aromatic rings. The van der Waals surface area contributed by atoms with Gasteiger partial charge in [0.2, 0.25) is 0 Å². The Morgan fingerprint density at radius 2 is 1.89 bits per heavy atom. The Bertz CT molecular complexity index is 738. The van der Waals surface area contributed by atoms with E-state index in [1.54, 1.807) is 0 Å². The van der Waals surface area contributed by atoms with Crippen molar-refractivity contribution < 1.29 is 23.8 Å². The maximum atomic E-state index is 13.0. The lowest BCUT2D eigenvalue weighted by Crippen LogP contribution is -2.60. The Morgan fingerprint density at radius 1 is 1.11 bits per heavy atom. The third-order valence-corrected chi connectivity index (χ3v) is 7.41. The Morgan fingerprint density at radius 3 is 2.67 bits per heavy atom. The third kappa shape index (κ3) is 2.83. The molecule has 5 fully saturated rings. The van der Waals surface area contributed by atoms with Gasteiger partial charge in [0.25, 0.3) is 0 Å². The van der Waals surface area contributed by atoms with Crippen LogP contribution >= 0.6 is 0 Å². The van der Waals surface area contributed by atoms with E-state index >= 15 is 0 Å². The van der Waals surface area contributed by atoms with Gasteiger partial charge in [0.15, 0.2) is 5.79 Å². The summed E-state index contributed by atoms with van der Waals surface area (Å²) in [7, 11) is 0. The molecule has 4 aliphatic carbocycles. The molecule has 144 valence electrons. The molecule has 1 saturated heterocycles. The number of benzene rings is 1. The van der Waals surface area contributed by atoms with Crippen LogP contribution in [-0.2, 0) is 30.4 Å². The van der Waals surface area contributed by atoms with Gasteiger partial charge in [0.1, 0.15) is 12.4 Å². The molecule has 5 heteroatoms. The van der Waals surface area contributed by atoms with Crippen molar-refractivity contribution in [2.45, 2.75) is 50.9 Å². The van der Waals surface area contributed by atoms with Gasteiger partial charge in [-0.25, -0.2) is 0 Å². The predicted octanol–water partition coefficient (Wildman–Crippen LogP) is 3.26. The Hall–Kier alpha value is -1.72. The number of ether oxygens (including phenoxy) is 3. The molecule has 0 N–H and O–H groups in total. The average molecular weight is 370 g/mol. The zero-order valence-corrected chi connectivity index (χ0v) is 15.5. The Kier molecular flexibility index (Phi) is 4.13. The largest absolute Gasteiger partial charge is 0.461 e. The van der Waals surface area contributed by atoms with Gasteiger partial charge in [-0.1, -0.05) is 30.3 Å². The van der Waals surface area contributed by atoms with E-state index in [4.69, 9.17) is 14.2 Å². The van der Waals surface area contributed by atoms with Crippen molar-refractivity contribution >= 4 is 11.8 Å². The highest BCUT2D eigenvalue weighted by atomic mass is 16.7. The molecule has 2 bridgehead atoms. The molecule has 5 nitrogen and oxygen atoms in total. The van der Waals surface area contributed by atoms with Crippen LogP contribution in [0.25, 0.3) is 0 Å². The molecule has 0 aromatic heterocycles. The van der Waals surface area contributed by atoms with Crippen molar-refractivity contribution in [1.29, 1.82) is 0 Å². The molecule has 1 aromatic carbocycles. The fraction of sp³-hybridized carbons (Fsp3) is 0.636. The number of fused-ring (bicyclic) bond motifs is 2. The van der Waals surface area contributed by atoms with Crippen LogP contribution < -0.4 is 0 Å². The maximum absolute atomic E-state index is 13.0. The van der Waals surface area contributed by atoms with E-state index in [1.165, 1.54) is 0 Å². The monoisotopic (exact) mass is 370 g/mol. The minimum absolute atomic E-state index is 0.0114. The van der Waals surface area contributed by atoms with Crippen LogP contribution in [-0.4, -0.2) is 30.8 Å². The topological polar surface area (TPSA) is 61.8 Å². The Labute approximate surface area is 159 Å². The molecule has 2 spiro atoms. The minimum atomic E-state index is -0.477. The first-order chi connectivity index (χ1) is 13.1. The molecule has 4 unspecified atom stereocenters. The molecular weight excluding hydrogens is 344 g/mol. The van der Waals surface area contributed by atoms with Crippen LogP contribution in [0.1, 0.15) is 44.1 Å². The number of carbonyl (C=O) groups is 2. The van der Waals surface area contributed by atoms with Gasteiger partial charge in [-0.15, -0.1) is 0 Å². The number of ketones is 1. The van der Waals surface area contributed by atoms with E-state index < -0.39 is 5.79 Å². The standard InChI is InChI=1S/C22H26O5/c23-19-13-21-6-7-22(26-8-9-27-22)12-17(21)10-16(19)11-18(21)20(24)25-14-15-4-2-1-3-5-15/h1-5,16-18H,6-14H2. The van der Waals surface area contributed by atoms with Gasteiger partial charge < -0.3 is 14.2 Å². The van der Waals surface area contributed by atoms with Crippen LogP contribution in [0.2, 0.25) is 0 Å². The van der Waals surface area contributed by atoms with Crippen LogP contribution in [0.4, 0.5) is 0 Å². The lowest BCUT2D eigenvalue weighted by atomic mass is 9.45. The van der Waals surface area contributed by atoms with Crippen molar-refractivity contribution in [3.8, 4) is 0 Å². The lowest BCUT2D eigenvalue weighted by molar-refractivity contribution is -0.234. The van der Waals surface area contributed by atoms with Crippen LogP contribution in [0.15, 0.2) is 30.3 Å². The highest BCUT2D eigenvalue weighted by Crippen LogP contribution is 2.64. The number of hydrogen-bond donors (Lipinski definition) is 0. The average Bonchev–Trinajstić information content (AvgIpc) is 3.14. The van der Waals surface area contributed by atoms with Gasteiger partial charge >= 0.3 is 5.97 Å². The van der Waals surface area contributed by atoms with Crippen molar-refractivity contribution in [3.05, 3.63) is 35.9 Å². The molecule has 5 aliphatic rings. The summed E-state index contributed by atoms with van der Waals surface area (Å²) in [5, 5.41) is 0. The van der Waals surface area contributed by atoms with Gasteiger partial charge in [0.05, 0.1) is 19.1 Å². The van der Waals surface area contributed by atoms with Gasteiger partial charge in [-0.05, 0) is 36.2 Å². The van der Waals surface area contributed by atoms with E-state index in [-0.39, 0.29) is 23.2 Å². The van der Waals surface area contributed by atoms with E-state index in [0.29, 0.717) is 44.4 Å². The molecule has 4 atom stereocenters. The third-order valence-electron chi connectivity index (χ3n) is 7.41. The van der Waals surface area contributed by atoms with Crippen LogP contribution in [0, 0.1) is 23.2 Å². The fourth-order valence-corrected chi connectivity index (χ4v) is 6.05. The zero-order chi connectivity index (χ0) is 18.5. The van der Waals surface area contributed by atoms with Crippen molar-refractivity contribution in [3.63, 3.8) is 0 Å². The van der Waals surface area contributed by atoms with Gasteiger partial charge in [-0.2, -0.15) is 0 Å². The lowest BCUT2D eigenvalue weighted by Gasteiger charge is -2.59. The summed E-state index contributed by atoms with van der Waals surface area (Å²) in [6.45, 7) is 1.58. The number of hydrogen-bond acceptors (Lipinski definition) is 5. The second-order valence-electron chi connectivity index (χ2n) is 8.70. The normalized spacial score (nSPS) is 36.6. The number of rotatable bonds is 3. The SMILES string of the molecule is O=C1CC23CCC4(CC2CC1CC3C(=O)OCc1ccccc1)OCCO4. The molecule has 1 aliphatic heterocycles. The molecule has 4 saturated carbocycles. The summed E-state index contributed by atoms with van der Waals surface area (Å²) >= 11 is 0. The zero-order valence-electron chi connectivity index (χ0n) is 15.5. The van der Waals surface area contributed by atoms with Crippen LogP contribution in [0.3, 0.4) is 0 Å². The molecule has 0 radical (unpaired) electrons. The van der Waals surface area contributed by atoms with E-state index in [9.17, 15) is 9.59 Å². The first-order valence-corrected chi connectivity index (χ1v) is 10.1. The number of esters is 1. The number of carbonyl (C=O) groups excluding carboxylic acids is 2. The molecular formula is C22H26O5. The maximum Gasteiger partial charge on any atom is 0.309 e. The molecule has 1 heterocycles. The first-order valence-electron chi connectivity index (χ1n) is 10.1. The van der Waals surface area contributed by atoms with Crippen LogP contribution in [0.5, 0.6) is 0 Å².